The maximum atomic E-state index is 13.0. The van der Waals surface area contributed by atoms with Crippen molar-refractivity contribution in [2.24, 2.45) is 0 Å². The Kier molecular flexibility index (Phi) is 14.5. The van der Waals surface area contributed by atoms with Gasteiger partial charge in [0, 0.05) is 90.4 Å². The number of alkyl halides is 6. The Labute approximate surface area is 392 Å². The summed E-state index contributed by atoms with van der Waals surface area (Å²) in [7, 11) is -0.762. The van der Waals surface area contributed by atoms with Crippen LogP contribution in [0.3, 0.4) is 0 Å². The van der Waals surface area contributed by atoms with Crippen molar-refractivity contribution in [2.45, 2.75) is 75.1 Å². The first-order valence-electron chi connectivity index (χ1n) is 20.9. The molecule has 4 N–H and O–H groups in total. The zero-order valence-electron chi connectivity index (χ0n) is 36.4. The van der Waals surface area contributed by atoms with Crippen LogP contribution in [0.2, 0.25) is 0 Å². The normalized spacial score (nSPS) is 18.8. The Balaban J connectivity index is 0.000000200. The molecule has 0 spiro atoms. The van der Waals surface area contributed by atoms with E-state index in [0.717, 1.165) is 0 Å². The van der Waals surface area contributed by atoms with Crippen molar-refractivity contribution in [1.82, 2.24) is 20.2 Å². The number of ether oxygens (including phenoxy) is 2. The number of aliphatic hydroxyl groups is 2. The van der Waals surface area contributed by atoms with Crippen LogP contribution in [0.1, 0.15) is 61.3 Å². The van der Waals surface area contributed by atoms with Gasteiger partial charge in [0.1, 0.15) is 23.1 Å². The molecule has 0 radical (unpaired) electrons. The molecule has 3 fully saturated rings. The van der Waals surface area contributed by atoms with Crippen LogP contribution < -0.4 is 35.4 Å². The summed E-state index contributed by atoms with van der Waals surface area (Å²) < 4.78 is 72.0. The Morgan fingerprint density at radius 1 is 0.746 bits per heavy atom. The van der Waals surface area contributed by atoms with E-state index in [4.69, 9.17) is 32.5 Å². The molecular formula is C44H45BCl2F4N8O8. The third-order valence-electron chi connectivity index (χ3n) is 11.3. The summed E-state index contributed by atoms with van der Waals surface area (Å²) in [5.74, 6) is -0.0227. The lowest BCUT2D eigenvalue weighted by Crippen LogP contribution is -2.41. The molecule has 16 nitrogen and oxygen atoms in total. The molecule has 0 aliphatic carbocycles. The van der Waals surface area contributed by atoms with Gasteiger partial charge >= 0.3 is 18.3 Å². The number of hydrogen-bond acceptors (Lipinski definition) is 14. The van der Waals surface area contributed by atoms with Gasteiger partial charge in [0.2, 0.25) is 0 Å². The third kappa shape index (κ3) is 12.6. The highest BCUT2D eigenvalue weighted by atomic mass is 35.5. The topological polar surface area (TPSA) is 194 Å². The molecular weight excluding hydrogens is 926 g/mol. The summed E-state index contributed by atoms with van der Waals surface area (Å²) >= 11 is 9.52. The van der Waals surface area contributed by atoms with E-state index >= 15 is 0 Å². The minimum atomic E-state index is -3.83. The SMILES string of the molecule is CC1(C)OB(c2cc(C(=O)Nc3ccc(OC(F)(F)Cl)cc3)cnc2N2CC[C@@H](O)C2)OC1(C)C.O=C(Nc1ccc(OC(F)(F)Cl)cc1)c1cnc(N2CC[C@@H](O)C2)c(-c2cccnn2)c1. The second-order valence-electron chi connectivity index (χ2n) is 16.8. The standard InChI is InChI=1S/C23H27BClF2N3O5.C21H18ClF2N5O3/c1-21(2)22(3,4)35-24(34-21)18-11-14(12-28-19(18)30-10-9-16(31)13-30)20(32)29-15-5-7-17(8-6-15)33-23(25,26)27;22-21(23,24)32-16-5-3-14(4-6-16)27-20(31)13-10-17(18-2-1-8-26-28-18)19(25-11-13)29-9-7-15(30)12-29/h5-8,11-12,16,31H,9-10,13H2,1-4H3,(H,29,32);1-6,8,10-11,15,30H,7,9,12H2,(H,27,31)/t16-;15-/m11/s1. The summed E-state index contributed by atoms with van der Waals surface area (Å²) in [6.45, 7) is 9.83. The maximum absolute atomic E-state index is 13.0. The quantitative estimate of drug-likeness (QED) is 0.0573. The van der Waals surface area contributed by atoms with E-state index in [1.54, 1.807) is 30.5 Å². The van der Waals surface area contributed by atoms with E-state index in [1.807, 2.05) is 37.5 Å². The van der Waals surface area contributed by atoms with Gasteiger partial charge in [-0.05, 0) is 113 Å². The molecule has 2 atom stereocenters. The van der Waals surface area contributed by atoms with Gasteiger partial charge in [-0.15, -0.1) is 17.6 Å². The zero-order valence-corrected chi connectivity index (χ0v) is 37.9. The number of nitrogens with one attached hydrogen (secondary N) is 2. The number of aliphatic hydroxyl groups excluding tert-OH is 2. The molecule has 0 bridgehead atoms. The van der Waals surface area contributed by atoms with Gasteiger partial charge in [-0.1, -0.05) is 0 Å². The number of halogens is 6. The zero-order chi connectivity index (χ0) is 48.3. The number of β-amino-alcohol motifs (C(OH)–C–C–N with tert-alkyl or cyclic N) is 2. The van der Waals surface area contributed by atoms with Gasteiger partial charge in [0.15, 0.2) is 0 Å². The predicted octanol–water partition coefficient (Wildman–Crippen LogP) is 6.90. The summed E-state index contributed by atoms with van der Waals surface area (Å²) in [5, 5.41) is 33.3. The van der Waals surface area contributed by atoms with Crippen molar-refractivity contribution >= 4 is 70.6 Å². The molecule has 2 amide bonds. The molecule has 354 valence electrons. The van der Waals surface area contributed by atoms with Crippen molar-refractivity contribution < 1.29 is 56.1 Å². The van der Waals surface area contributed by atoms with E-state index < -0.39 is 53.5 Å². The molecule has 3 saturated heterocycles. The minimum Gasteiger partial charge on any atom is -0.420 e. The number of nitrogens with zero attached hydrogens (tertiary/aromatic N) is 6. The lowest BCUT2D eigenvalue weighted by Gasteiger charge is -2.32. The van der Waals surface area contributed by atoms with Gasteiger partial charge in [0.05, 0.1) is 40.2 Å². The van der Waals surface area contributed by atoms with Crippen LogP contribution in [0, 0.1) is 0 Å². The molecule has 3 aromatic heterocycles. The second kappa shape index (κ2) is 19.8. The van der Waals surface area contributed by atoms with Crippen molar-refractivity contribution in [2.75, 3.05) is 46.6 Å². The molecule has 3 aliphatic heterocycles. The van der Waals surface area contributed by atoms with Crippen molar-refractivity contribution in [3.05, 3.63) is 103 Å². The van der Waals surface area contributed by atoms with Gasteiger partial charge in [-0.3, -0.25) is 9.59 Å². The smallest absolute Gasteiger partial charge is 0.420 e. The van der Waals surface area contributed by atoms with E-state index in [9.17, 15) is 37.4 Å². The number of aromatic nitrogens is 4. The van der Waals surface area contributed by atoms with Crippen LogP contribution in [0.5, 0.6) is 11.5 Å². The van der Waals surface area contributed by atoms with E-state index in [0.29, 0.717) is 78.8 Å². The Morgan fingerprint density at radius 3 is 1.64 bits per heavy atom. The number of anilines is 4. The fourth-order valence-electron chi connectivity index (χ4n) is 7.23. The van der Waals surface area contributed by atoms with E-state index in [2.05, 4.69) is 40.3 Å². The fraction of sp³-hybridized carbons (Fsp3) is 0.364. The maximum Gasteiger partial charge on any atom is 0.498 e. The van der Waals surface area contributed by atoms with Crippen molar-refractivity contribution in [1.29, 1.82) is 0 Å². The molecule has 2 aromatic carbocycles. The van der Waals surface area contributed by atoms with Crippen LogP contribution >= 0.6 is 23.2 Å². The van der Waals surface area contributed by atoms with Gasteiger partial charge in [-0.2, -0.15) is 10.2 Å². The van der Waals surface area contributed by atoms with Crippen LogP contribution in [0.4, 0.5) is 40.6 Å². The Bertz CT molecular complexity index is 2530. The first-order chi connectivity index (χ1) is 31.5. The number of pyridine rings is 2. The highest BCUT2D eigenvalue weighted by Gasteiger charge is 2.53. The number of carbonyl (C=O) groups is 2. The number of rotatable bonds is 12. The van der Waals surface area contributed by atoms with Gasteiger partial charge in [0.25, 0.3) is 11.8 Å². The fourth-order valence-corrected chi connectivity index (χ4v) is 7.41. The summed E-state index contributed by atoms with van der Waals surface area (Å²) in [5.41, 5.74) is -5.86. The monoisotopic (exact) mass is 970 g/mol. The third-order valence-corrected chi connectivity index (χ3v) is 11.4. The number of benzene rings is 2. The first-order valence-corrected chi connectivity index (χ1v) is 21.6. The number of carbonyl (C=O) groups excluding carboxylic acids is 2. The minimum absolute atomic E-state index is 0.147. The summed E-state index contributed by atoms with van der Waals surface area (Å²) in [4.78, 5) is 38.6. The molecule has 6 heterocycles. The highest BCUT2D eigenvalue weighted by molar-refractivity contribution is 6.64. The predicted molar refractivity (Wildman–Crippen MR) is 243 cm³/mol. The first kappa shape index (κ1) is 49.1. The average Bonchev–Trinajstić information content (AvgIpc) is 3.96. The highest BCUT2D eigenvalue weighted by Crippen LogP contribution is 2.38. The van der Waals surface area contributed by atoms with Crippen LogP contribution in [-0.4, -0.2) is 110 Å². The van der Waals surface area contributed by atoms with Crippen LogP contribution in [0.15, 0.2) is 91.4 Å². The van der Waals surface area contributed by atoms with Crippen LogP contribution in [-0.2, 0) is 9.31 Å². The lowest BCUT2D eigenvalue weighted by atomic mass is 9.78. The number of hydrogen-bond donors (Lipinski definition) is 4. The van der Waals surface area contributed by atoms with Gasteiger partial charge in [-0.25, -0.2) is 9.97 Å². The Hall–Kier alpha value is -5.84. The molecule has 0 saturated carbocycles. The number of amides is 2. The largest absolute Gasteiger partial charge is 0.498 e. The van der Waals surface area contributed by atoms with E-state index in [1.165, 1.54) is 60.9 Å². The average molecular weight is 972 g/mol. The second-order valence-corrected chi connectivity index (χ2v) is 17.6. The molecule has 8 rings (SSSR count). The summed E-state index contributed by atoms with van der Waals surface area (Å²) in [6, 6.07) is 17.5. The molecule has 23 heteroatoms. The van der Waals surface area contributed by atoms with Crippen molar-refractivity contribution in [3.8, 4) is 22.8 Å². The molecule has 67 heavy (non-hydrogen) atoms. The summed E-state index contributed by atoms with van der Waals surface area (Å²) in [6.07, 6.45) is 4.74. The lowest BCUT2D eigenvalue weighted by molar-refractivity contribution is -0.0972. The Morgan fingerprint density at radius 2 is 1.21 bits per heavy atom. The van der Waals surface area contributed by atoms with Crippen LogP contribution in [0.25, 0.3) is 11.3 Å². The molecule has 5 aromatic rings. The molecule has 3 aliphatic rings. The van der Waals surface area contributed by atoms with Crippen molar-refractivity contribution in [3.63, 3.8) is 0 Å². The molecule has 0 unspecified atom stereocenters. The van der Waals surface area contributed by atoms with E-state index in [-0.39, 0.29) is 22.6 Å². The van der Waals surface area contributed by atoms with Gasteiger partial charge < -0.3 is 49.4 Å².